The summed E-state index contributed by atoms with van der Waals surface area (Å²) in [6, 6.07) is 9.71. The molecule has 4 heteroatoms. The molecule has 1 aliphatic heterocycles. The molecule has 0 radical (unpaired) electrons. The van der Waals surface area contributed by atoms with Gasteiger partial charge in [0.1, 0.15) is 28.9 Å². The number of carbonyl (C=O) groups is 1. The molecule has 0 aliphatic carbocycles. The Hall–Kier alpha value is -2.75. The lowest BCUT2D eigenvalue weighted by atomic mass is 9.91. The van der Waals surface area contributed by atoms with Gasteiger partial charge < -0.3 is 14.6 Å². The minimum atomic E-state index is -0.377. The van der Waals surface area contributed by atoms with Crippen LogP contribution >= 0.6 is 0 Å². The summed E-state index contributed by atoms with van der Waals surface area (Å²) in [6.07, 6.45) is 2.37. The fourth-order valence-corrected chi connectivity index (χ4v) is 3.46. The number of allylic oxidation sites excluding steroid dienone is 2. The van der Waals surface area contributed by atoms with Crippen LogP contribution in [0.2, 0.25) is 0 Å². The Bertz CT molecular complexity index is 903. The van der Waals surface area contributed by atoms with Crippen LogP contribution in [0.1, 0.15) is 73.2 Å². The number of aromatic hydroxyl groups is 1. The minimum Gasteiger partial charge on any atom is -0.507 e. The van der Waals surface area contributed by atoms with Crippen LogP contribution in [0.5, 0.6) is 17.2 Å². The average Bonchev–Trinajstić information content (AvgIpc) is 2.66. The zero-order valence-corrected chi connectivity index (χ0v) is 17.2. The summed E-state index contributed by atoms with van der Waals surface area (Å²) in [6.45, 7) is 8.29. The summed E-state index contributed by atoms with van der Waals surface area (Å²) in [5.74, 6) is 1.28. The maximum absolute atomic E-state index is 13.0. The van der Waals surface area contributed by atoms with Crippen molar-refractivity contribution < 1.29 is 19.4 Å². The number of Topliss-reactive ketones (excluding diaryl/α,β-unsaturated/α-hetero) is 1. The molecule has 1 atom stereocenters. The lowest BCUT2D eigenvalue weighted by Crippen LogP contribution is -2.22. The van der Waals surface area contributed by atoms with Crippen LogP contribution in [0, 0.1) is 0 Å². The molecule has 0 bridgehead atoms. The number of ketones is 1. The van der Waals surface area contributed by atoms with E-state index in [2.05, 4.69) is 26.0 Å². The number of hydrogen-bond acceptors (Lipinski definition) is 4. The first-order chi connectivity index (χ1) is 13.3. The molecular formula is C24H28O4. The van der Waals surface area contributed by atoms with Crippen LogP contribution in [0.15, 0.2) is 42.0 Å². The number of hydrogen-bond donors (Lipinski definition) is 1. The molecule has 1 unspecified atom stereocenters. The summed E-state index contributed by atoms with van der Waals surface area (Å²) in [4.78, 5) is 13.0. The predicted octanol–water partition coefficient (Wildman–Crippen LogP) is 5.74. The van der Waals surface area contributed by atoms with Gasteiger partial charge in [-0.05, 0) is 37.3 Å². The number of rotatable bonds is 5. The Balaban J connectivity index is 2.04. The molecule has 1 N–H and O–H groups in total. The second kappa shape index (κ2) is 8.09. The van der Waals surface area contributed by atoms with Gasteiger partial charge in [-0.3, -0.25) is 4.79 Å². The lowest BCUT2D eigenvalue weighted by molar-refractivity contribution is 0.0842. The fourth-order valence-electron chi connectivity index (χ4n) is 3.46. The van der Waals surface area contributed by atoms with Crippen molar-refractivity contribution >= 4 is 5.78 Å². The van der Waals surface area contributed by atoms with Gasteiger partial charge in [-0.25, -0.2) is 0 Å². The third-order valence-electron chi connectivity index (χ3n) is 5.14. The van der Waals surface area contributed by atoms with E-state index in [-0.39, 0.29) is 24.1 Å². The summed E-state index contributed by atoms with van der Waals surface area (Å²) in [5, 5.41) is 10.5. The van der Waals surface area contributed by atoms with Crippen molar-refractivity contribution in [3.05, 3.63) is 64.2 Å². The topological polar surface area (TPSA) is 55.8 Å². The van der Waals surface area contributed by atoms with Crippen molar-refractivity contribution in [3.63, 3.8) is 0 Å². The number of fused-ring (bicyclic) bond motifs is 1. The van der Waals surface area contributed by atoms with E-state index in [0.29, 0.717) is 35.0 Å². The molecule has 0 spiro atoms. The maximum Gasteiger partial charge on any atom is 0.174 e. The molecule has 0 fully saturated rings. The van der Waals surface area contributed by atoms with Gasteiger partial charge in [0.05, 0.1) is 13.5 Å². The molecule has 4 nitrogen and oxygen atoms in total. The van der Waals surface area contributed by atoms with E-state index < -0.39 is 0 Å². The quantitative estimate of drug-likeness (QED) is 0.672. The van der Waals surface area contributed by atoms with Crippen molar-refractivity contribution in [2.75, 3.05) is 7.11 Å². The Morgan fingerprint density at radius 2 is 1.96 bits per heavy atom. The normalized spacial score (nSPS) is 15.8. The molecule has 1 heterocycles. The van der Waals surface area contributed by atoms with Crippen molar-refractivity contribution in [3.8, 4) is 17.2 Å². The van der Waals surface area contributed by atoms with E-state index in [4.69, 9.17) is 9.47 Å². The monoisotopic (exact) mass is 380 g/mol. The Morgan fingerprint density at radius 1 is 1.29 bits per heavy atom. The van der Waals surface area contributed by atoms with E-state index in [1.54, 1.807) is 0 Å². The van der Waals surface area contributed by atoms with Crippen LogP contribution in [-0.2, 0) is 6.42 Å². The first-order valence-corrected chi connectivity index (χ1v) is 9.67. The molecule has 0 saturated heterocycles. The maximum atomic E-state index is 13.0. The Kier molecular flexibility index (Phi) is 5.78. The molecule has 0 amide bonds. The molecule has 0 aromatic heterocycles. The Labute approximate surface area is 166 Å². The number of methoxy groups -OCH3 is 1. The largest absolute Gasteiger partial charge is 0.507 e. The average molecular weight is 380 g/mol. The lowest BCUT2D eigenvalue weighted by Gasteiger charge is -2.29. The van der Waals surface area contributed by atoms with E-state index in [1.165, 1.54) is 18.7 Å². The molecule has 148 valence electrons. The smallest absolute Gasteiger partial charge is 0.174 e. The molecule has 2 aromatic carbocycles. The highest BCUT2D eigenvalue weighted by atomic mass is 16.5. The van der Waals surface area contributed by atoms with Gasteiger partial charge in [-0.2, -0.15) is 0 Å². The highest BCUT2D eigenvalue weighted by Crippen LogP contribution is 2.46. The number of ether oxygens (including phenoxy) is 2. The van der Waals surface area contributed by atoms with Crippen molar-refractivity contribution in [2.24, 2.45) is 0 Å². The molecule has 2 aromatic rings. The van der Waals surface area contributed by atoms with E-state index in [9.17, 15) is 9.90 Å². The van der Waals surface area contributed by atoms with E-state index in [1.807, 2.05) is 32.1 Å². The third-order valence-corrected chi connectivity index (χ3v) is 5.14. The summed E-state index contributed by atoms with van der Waals surface area (Å²) in [5.41, 5.74) is 4.38. The van der Waals surface area contributed by atoms with E-state index in [0.717, 1.165) is 11.1 Å². The second-order valence-corrected chi connectivity index (χ2v) is 7.82. The summed E-state index contributed by atoms with van der Waals surface area (Å²) >= 11 is 0. The van der Waals surface area contributed by atoms with Crippen LogP contribution in [0.25, 0.3) is 0 Å². The minimum absolute atomic E-state index is 0.0329. The number of phenols is 1. The van der Waals surface area contributed by atoms with Crippen molar-refractivity contribution in [1.82, 2.24) is 0 Å². The number of benzene rings is 2. The number of phenolic OH excluding ortho intramolecular Hbond substituents is 1. The van der Waals surface area contributed by atoms with Crippen molar-refractivity contribution in [1.29, 1.82) is 0 Å². The zero-order chi connectivity index (χ0) is 20.4. The zero-order valence-electron chi connectivity index (χ0n) is 17.2. The first kappa shape index (κ1) is 20.0. The van der Waals surface area contributed by atoms with Gasteiger partial charge in [0.15, 0.2) is 5.78 Å². The van der Waals surface area contributed by atoms with Gasteiger partial charge in [0.25, 0.3) is 0 Å². The predicted molar refractivity (Wildman–Crippen MR) is 111 cm³/mol. The van der Waals surface area contributed by atoms with Gasteiger partial charge in [0.2, 0.25) is 0 Å². The highest BCUT2D eigenvalue weighted by Gasteiger charge is 2.33. The third kappa shape index (κ3) is 3.91. The second-order valence-electron chi connectivity index (χ2n) is 7.82. The van der Waals surface area contributed by atoms with Crippen LogP contribution in [0.4, 0.5) is 0 Å². The SMILES string of the molecule is COc1cc(O)c(CC=C(C)C)c2c1C(=O)CC(c1ccc(C(C)C)cc1)O2. The fraction of sp³-hybridized carbons (Fsp3) is 0.375. The van der Waals surface area contributed by atoms with Gasteiger partial charge in [-0.15, -0.1) is 0 Å². The highest BCUT2D eigenvalue weighted by molar-refractivity contribution is 6.03. The molecule has 1 aliphatic rings. The summed E-state index contributed by atoms with van der Waals surface area (Å²) < 4.78 is 11.6. The summed E-state index contributed by atoms with van der Waals surface area (Å²) in [7, 11) is 1.49. The standard InChI is InChI=1S/C24H28O4/c1-14(2)6-11-18-19(25)12-22(27-5)23-20(26)13-21(28-24(18)23)17-9-7-16(8-10-17)15(3)4/h6-10,12,15,21,25H,11,13H2,1-5H3. The number of carbonyl (C=O) groups excluding carboxylic acids is 1. The van der Waals surface area contributed by atoms with Gasteiger partial charge in [-0.1, -0.05) is 49.8 Å². The van der Waals surface area contributed by atoms with Crippen LogP contribution < -0.4 is 9.47 Å². The molecular weight excluding hydrogens is 352 g/mol. The van der Waals surface area contributed by atoms with Crippen LogP contribution in [-0.4, -0.2) is 18.0 Å². The molecule has 0 saturated carbocycles. The van der Waals surface area contributed by atoms with Gasteiger partial charge >= 0.3 is 0 Å². The first-order valence-electron chi connectivity index (χ1n) is 9.67. The van der Waals surface area contributed by atoms with Crippen molar-refractivity contribution in [2.45, 2.75) is 52.6 Å². The van der Waals surface area contributed by atoms with E-state index >= 15 is 0 Å². The molecule has 28 heavy (non-hydrogen) atoms. The van der Waals surface area contributed by atoms with Crippen LogP contribution in [0.3, 0.4) is 0 Å². The Morgan fingerprint density at radius 3 is 2.54 bits per heavy atom. The van der Waals surface area contributed by atoms with Gasteiger partial charge in [0, 0.05) is 11.6 Å². The molecule has 3 rings (SSSR count).